The van der Waals surface area contributed by atoms with Gasteiger partial charge in [-0.3, -0.25) is 0 Å². The normalized spacial score (nSPS) is 10.8. The molecule has 1 aromatic carbocycles. The molecule has 0 fully saturated rings. The summed E-state index contributed by atoms with van der Waals surface area (Å²) in [6.07, 6.45) is 0. The second-order valence-corrected chi connectivity index (χ2v) is 2.41. The maximum absolute atomic E-state index is 12.8. The molecule has 0 aliphatic heterocycles. The van der Waals surface area contributed by atoms with Gasteiger partial charge >= 0.3 is 0 Å². The molecule has 0 saturated heterocycles. The summed E-state index contributed by atoms with van der Waals surface area (Å²) in [5.41, 5.74) is -1.16. The molecule has 0 heterocycles. The highest BCUT2D eigenvalue weighted by Crippen LogP contribution is 2.23. The van der Waals surface area contributed by atoms with E-state index in [4.69, 9.17) is 0 Å². The van der Waals surface area contributed by atoms with Gasteiger partial charge < -0.3 is 0 Å². The third kappa shape index (κ3) is 2.06. The second kappa shape index (κ2) is 4.51. The van der Waals surface area contributed by atoms with Crippen molar-refractivity contribution in [3.63, 3.8) is 0 Å². The summed E-state index contributed by atoms with van der Waals surface area (Å²) in [6, 6.07) is 0. The molecule has 15 heavy (non-hydrogen) atoms. The van der Waals surface area contributed by atoms with Gasteiger partial charge in [-0.1, -0.05) is 0 Å². The Labute approximate surface area is 80.1 Å². The van der Waals surface area contributed by atoms with E-state index in [0.29, 0.717) is 0 Å². The summed E-state index contributed by atoms with van der Waals surface area (Å²) in [4.78, 5) is 7.37. The minimum absolute atomic E-state index is 0.998. The van der Waals surface area contributed by atoms with Crippen LogP contribution in [0.5, 0.6) is 0 Å². The third-order valence-corrected chi connectivity index (χ3v) is 1.57. The summed E-state index contributed by atoms with van der Waals surface area (Å²) in [6.45, 7) is -0.998. The summed E-state index contributed by atoms with van der Waals surface area (Å²) < 4.78 is 63.2. The lowest BCUT2D eigenvalue weighted by Gasteiger charge is -2.06. The van der Waals surface area contributed by atoms with Crippen molar-refractivity contribution in [2.24, 2.45) is 5.90 Å². The van der Waals surface area contributed by atoms with Crippen molar-refractivity contribution in [2.75, 3.05) is 0 Å². The fourth-order valence-corrected chi connectivity index (χ4v) is 0.870. The molecule has 84 valence electrons. The molecular formula is C7H4F5NO2. The van der Waals surface area contributed by atoms with E-state index in [-0.39, 0.29) is 0 Å². The molecule has 0 unspecified atom stereocenters. The Morgan fingerprint density at radius 2 is 1.20 bits per heavy atom. The largest absolute Gasteiger partial charge is 0.213 e. The minimum Gasteiger partial charge on any atom is -0.213 e. The van der Waals surface area contributed by atoms with Crippen molar-refractivity contribution in [1.82, 2.24) is 0 Å². The molecule has 1 aromatic rings. The summed E-state index contributed by atoms with van der Waals surface area (Å²) in [7, 11) is 0. The van der Waals surface area contributed by atoms with Crippen molar-refractivity contribution >= 4 is 0 Å². The zero-order valence-corrected chi connectivity index (χ0v) is 6.99. The number of hydrogen-bond donors (Lipinski definition) is 1. The van der Waals surface area contributed by atoms with Crippen molar-refractivity contribution < 1.29 is 31.8 Å². The predicted molar refractivity (Wildman–Crippen MR) is 36.3 cm³/mol. The van der Waals surface area contributed by atoms with Crippen LogP contribution in [-0.2, 0) is 16.5 Å². The van der Waals surface area contributed by atoms with Gasteiger partial charge in [-0.05, 0) is 0 Å². The lowest BCUT2D eigenvalue weighted by atomic mass is 10.2. The molecule has 0 saturated carbocycles. The van der Waals surface area contributed by atoms with Gasteiger partial charge in [0.05, 0.1) is 5.56 Å². The van der Waals surface area contributed by atoms with Crippen LogP contribution in [0.4, 0.5) is 22.0 Å². The molecule has 0 radical (unpaired) electrons. The highest BCUT2D eigenvalue weighted by Gasteiger charge is 2.25. The predicted octanol–water partition coefficient (Wildman–Crippen LogP) is 1.70. The van der Waals surface area contributed by atoms with Crippen LogP contribution in [0.25, 0.3) is 0 Å². The molecule has 8 heteroatoms. The molecule has 0 atom stereocenters. The van der Waals surface area contributed by atoms with Crippen LogP contribution in [-0.4, -0.2) is 0 Å². The SMILES string of the molecule is NOOCc1c(F)c(F)c(F)c(F)c1F. The second-order valence-electron chi connectivity index (χ2n) is 2.41. The lowest BCUT2D eigenvalue weighted by molar-refractivity contribution is -0.309. The molecule has 0 aromatic heterocycles. The molecule has 0 spiro atoms. The Kier molecular flexibility index (Phi) is 3.56. The van der Waals surface area contributed by atoms with Gasteiger partial charge in [-0.25, -0.2) is 26.8 Å². The zero-order chi connectivity index (χ0) is 11.6. The van der Waals surface area contributed by atoms with E-state index < -0.39 is 41.3 Å². The van der Waals surface area contributed by atoms with E-state index in [1.54, 1.807) is 0 Å². The van der Waals surface area contributed by atoms with E-state index >= 15 is 0 Å². The quantitative estimate of drug-likeness (QED) is 0.282. The van der Waals surface area contributed by atoms with Gasteiger partial charge in [0.1, 0.15) is 6.61 Å². The van der Waals surface area contributed by atoms with Crippen molar-refractivity contribution in [2.45, 2.75) is 6.61 Å². The summed E-state index contributed by atoms with van der Waals surface area (Å²) in [5.74, 6) is -5.95. The molecule has 1 rings (SSSR count). The fraction of sp³-hybridized carbons (Fsp3) is 0.143. The van der Waals surface area contributed by atoms with Crippen LogP contribution < -0.4 is 5.90 Å². The van der Waals surface area contributed by atoms with Crippen LogP contribution in [0.3, 0.4) is 0 Å². The van der Waals surface area contributed by atoms with Gasteiger partial charge in [0, 0.05) is 0 Å². The topological polar surface area (TPSA) is 44.5 Å². The minimum atomic E-state index is -2.23. The first kappa shape index (κ1) is 11.8. The van der Waals surface area contributed by atoms with Crippen molar-refractivity contribution in [3.8, 4) is 0 Å². The molecule has 0 aliphatic rings. The average molecular weight is 229 g/mol. The zero-order valence-electron chi connectivity index (χ0n) is 6.99. The first-order valence-corrected chi connectivity index (χ1v) is 3.49. The fourth-order valence-electron chi connectivity index (χ4n) is 0.870. The van der Waals surface area contributed by atoms with Gasteiger partial charge in [0.25, 0.3) is 0 Å². The summed E-state index contributed by atoms with van der Waals surface area (Å²) >= 11 is 0. The van der Waals surface area contributed by atoms with E-state index in [0.717, 1.165) is 0 Å². The highest BCUT2D eigenvalue weighted by atomic mass is 19.2. The van der Waals surface area contributed by atoms with Gasteiger partial charge in [0.2, 0.25) is 5.82 Å². The van der Waals surface area contributed by atoms with Crippen LogP contribution in [0.15, 0.2) is 0 Å². The van der Waals surface area contributed by atoms with Gasteiger partial charge in [0.15, 0.2) is 23.3 Å². The Hall–Kier alpha value is -1.25. The molecule has 2 N–H and O–H groups in total. The van der Waals surface area contributed by atoms with Crippen molar-refractivity contribution in [3.05, 3.63) is 34.6 Å². The van der Waals surface area contributed by atoms with Crippen LogP contribution >= 0.6 is 0 Å². The van der Waals surface area contributed by atoms with Gasteiger partial charge in [-0.2, -0.15) is 5.90 Å². The van der Waals surface area contributed by atoms with E-state index in [9.17, 15) is 22.0 Å². The highest BCUT2D eigenvalue weighted by molar-refractivity contribution is 5.23. The Balaban J connectivity index is 3.26. The van der Waals surface area contributed by atoms with E-state index in [1.807, 2.05) is 0 Å². The number of benzene rings is 1. The monoisotopic (exact) mass is 229 g/mol. The molecule has 0 amide bonds. The number of nitrogens with two attached hydrogens (primary N) is 1. The van der Waals surface area contributed by atoms with Crippen LogP contribution in [0.1, 0.15) is 5.56 Å². The Bertz CT molecular complexity index is 355. The molecule has 0 bridgehead atoms. The third-order valence-electron chi connectivity index (χ3n) is 1.57. The number of rotatable bonds is 3. The van der Waals surface area contributed by atoms with Crippen molar-refractivity contribution in [1.29, 1.82) is 0 Å². The Morgan fingerprint density at radius 1 is 0.800 bits per heavy atom. The van der Waals surface area contributed by atoms with E-state index in [2.05, 4.69) is 15.8 Å². The smallest absolute Gasteiger partial charge is 0.200 e. The molecule has 3 nitrogen and oxygen atoms in total. The van der Waals surface area contributed by atoms with Gasteiger partial charge in [-0.15, -0.1) is 4.99 Å². The number of halogens is 5. The van der Waals surface area contributed by atoms with Crippen LogP contribution in [0.2, 0.25) is 0 Å². The Morgan fingerprint density at radius 3 is 1.60 bits per heavy atom. The van der Waals surface area contributed by atoms with E-state index in [1.165, 1.54) is 0 Å². The first-order valence-electron chi connectivity index (χ1n) is 3.49. The van der Waals surface area contributed by atoms with Crippen LogP contribution in [0, 0.1) is 29.1 Å². The summed E-state index contributed by atoms with van der Waals surface area (Å²) in [5, 5.41) is 0. The average Bonchev–Trinajstić information content (AvgIpc) is 2.24. The first-order chi connectivity index (χ1) is 7.00. The molecule has 0 aliphatic carbocycles. The maximum atomic E-state index is 12.8. The number of hydrogen-bond acceptors (Lipinski definition) is 3. The maximum Gasteiger partial charge on any atom is 0.200 e. The molecular weight excluding hydrogens is 225 g/mol. The standard InChI is InChI=1S/C7H4F5NO2/c8-3-2(1-14-15-13)4(9)6(11)7(12)5(3)10/h1,13H2. The lowest BCUT2D eigenvalue weighted by Crippen LogP contribution is -2.10.